The van der Waals surface area contributed by atoms with Crippen LogP contribution in [0.4, 0.5) is 19.0 Å². The Morgan fingerprint density at radius 2 is 1.85 bits per heavy atom. The van der Waals surface area contributed by atoms with Crippen LogP contribution in [0.25, 0.3) is 5.69 Å². The van der Waals surface area contributed by atoms with Crippen molar-refractivity contribution in [1.29, 1.82) is 0 Å². The molecule has 146 valence electrons. The summed E-state index contributed by atoms with van der Waals surface area (Å²) in [7, 11) is 1.68. The SMILES string of the molecule is CNc1c(C2SCCS2)c(C(N)=S)nn1-c1c(Cl)cc(C(F)(F)F)cc1Cl. The molecule has 1 aliphatic heterocycles. The Morgan fingerprint density at radius 3 is 2.30 bits per heavy atom. The lowest BCUT2D eigenvalue weighted by atomic mass is 10.2. The molecular weight excluding hydrogens is 460 g/mol. The molecule has 2 aromatic rings. The second-order valence-corrected chi connectivity index (χ2v) is 9.48. The van der Waals surface area contributed by atoms with Gasteiger partial charge in [-0.15, -0.1) is 23.5 Å². The maximum absolute atomic E-state index is 13.0. The van der Waals surface area contributed by atoms with Crippen molar-refractivity contribution >= 4 is 69.7 Å². The molecule has 12 heteroatoms. The molecule has 1 fully saturated rings. The van der Waals surface area contributed by atoms with Gasteiger partial charge in [-0.3, -0.25) is 0 Å². The van der Waals surface area contributed by atoms with Crippen molar-refractivity contribution in [3.05, 3.63) is 39.0 Å². The van der Waals surface area contributed by atoms with E-state index in [0.29, 0.717) is 11.5 Å². The van der Waals surface area contributed by atoms with Crippen LogP contribution in [0.1, 0.15) is 21.4 Å². The number of nitrogens with two attached hydrogens (primary N) is 1. The highest BCUT2D eigenvalue weighted by Crippen LogP contribution is 2.50. The van der Waals surface area contributed by atoms with Gasteiger partial charge in [0, 0.05) is 24.1 Å². The van der Waals surface area contributed by atoms with Crippen LogP contribution in [0.5, 0.6) is 0 Å². The predicted octanol–water partition coefficient (Wildman–Crippen LogP) is 5.35. The number of halogens is 5. The lowest BCUT2D eigenvalue weighted by Gasteiger charge is -2.16. The van der Waals surface area contributed by atoms with Gasteiger partial charge in [0.25, 0.3) is 0 Å². The number of nitrogens with zero attached hydrogens (tertiary/aromatic N) is 2. The van der Waals surface area contributed by atoms with Crippen LogP contribution in [0, 0.1) is 0 Å². The zero-order valence-corrected chi connectivity index (χ0v) is 17.7. The van der Waals surface area contributed by atoms with Gasteiger partial charge in [0.05, 0.1) is 20.2 Å². The lowest BCUT2D eigenvalue weighted by Crippen LogP contribution is -2.13. The number of thiocarbonyl (C=S) groups is 1. The van der Waals surface area contributed by atoms with Gasteiger partial charge in [-0.05, 0) is 12.1 Å². The molecule has 3 N–H and O–H groups in total. The normalized spacial score (nSPS) is 15.3. The number of anilines is 1. The third-order valence-corrected chi connectivity index (χ3v) is 7.61. The Balaban J connectivity index is 2.23. The molecule has 0 radical (unpaired) electrons. The number of benzene rings is 1. The minimum absolute atomic E-state index is 0.0460. The zero-order chi connectivity index (χ0) is 19.9. The second kappa shape index (κ2) is 7.90. The average molecular weight is 473 g/mol. The van der Waals surface area contributed by atoms with Crippen molar-refractivity contribution in [1.82, 2.24) is 9.78 Å². The number of hydrogen-bond donors (Lipinski definition) is 2. The van der Waals surface area contributed by atoms with E-state index in [1.807, 2.05) is 0 Å². The summed E-state index contributed by atoms with van der Waals surface area (Å²) in [5.74, 6) is 2.46. The van der Waals surface area contributed by atoms with E-state index in [4.69, 9.17) is 41.2 Å². The quantitative estimate of drug-likeness (QED) is 0.584. The molecule has 0 aliphatic carbocycles. The fourth-order valence-electron chi connectivity index (χ4n) is 2.69. The Morgan fingerprint density at radius 1 is 1.30 bits per heavy atom. The maximum Gasteiger partial charge on any atom is 0.416 e. The molecule has 1 aromatic heterocycles. The molecule has 1 aromatic carbocycles. The maximum atomic E-state index is 13.0. The van der Waals surface area contributed by atoms with Crippen LogP contribution < -0.4 is 11.1 Å². The third kappa shape index (κ3) is 4.00. The molecule has 3 rings (SSSR count). The Labute approximate surface area is 177 Å². The highest BCUT2D eigenvalue weighted by atomic mass is 35.5. The van der Waals surface area contributed by atoms with E-state index in [-0.39, 0.29) is 25.3 Å². The smallest absolute Gasteiger partial charge is 0.388 e. The summed E-state index contributed by atoms with van der Waals surface area (Å²) >= 11 is 20.9. The summed E-state index contributed by atoms with van der Waals surface area (Å²) < 4.78 is 40.5. The fraction of sp³-hybridized carbons (Fsp3) is 0.333. The van der Waals surface area contributed by atoms with Gasteiger partial charge in [0.15, 0.2) is 0 Å². The van der Waals surface area contributed by atoms with E-state index < -0.39 is 11.7 Å². The van der Waals surface area contributed by atoms with Crippen molar-refractivity contribution in [2.24, 2.45) is 5.73 Å². The van der Waals surface area contributed by atoms with E-state index in [1.165, 1.54) is 4.68 Å². The summed E-state index contributed by atoms with van der Waals surface area (Å²) in [6.07, 6.45) is -4.56. The Kier molecular flexibility index (Phi) is 6.12. The van der Waals surface area contributed by atoms with Gasteiger partial charge >= 0.3 is 6.18 Å². The molecule has 0 amide bonds. The minimum Gasteiger partial charge on any atom is -0.388 e. The van der Waals surface area contributed by atoms with Crippen LogP contribution >= 0.6 is 58.9 Å². The third-order valence-electron chi connectivity index (χ3n) is 3.81. The summed E-state index contributed by atoms with van der Waals surface area (Å²) in [6, 6.07) is 1.64. The molecule has 1 saturated heterocycles. The van der Waals surface area contributed by atoms with E-state index >= 15 is 0 Å². The first-order valence-electron chi connectivity index (χ1n) is 7.55. The van der Waals surface area contributed by atoms with Crippen molar-refractivity contribution in [2.45, 2.75) is 10.8 Å². The number of thioether (sulfide) groups is 2. The monoisotopic (exact) mass is 472 g/mol. The van der Waals surface area contributed by atoms with Crippen molar-refractivity contribution in [2.75, 3.05) is 23.9 Å². The number of nitrogens with one attached hydrogen (secondary N) is 1. The number of alkyl halides is 3. The van der Waals surface area contributed by atoms with Crippen LogP contribution in [0.15, 0.2) is 12.1 Å². The van der Waals surface area contributed by atoms with Crippen LogP contribution in [-0.2, 0) is 6.18 Å². The van der Waals surface area contributed by atoms with Crippen LogP contribution in [0.2, 0.25) is 10.0 Å². The van der Waals surface area contributed by atoms with Crippen LogP contribution in [-0.4, -0.2) is 33.3 Å². The summed E-state index contributed by atoms with van der Waals surface area (Å²) in [5.41, 5.74) is 6.23. The minimum atomic E-state index is -4.56. The zero-order valence-electron chi connectivity index (χ0n) is 13.7. The van der Waals surface area contributed by atoms with Gasteiger partial charge in [-0.25, -0.2) is 4.68 Å². The van der Waals surface area contributed by atoms with Gasteiger partial charge in [-0.2, -0.15) is 18.3 Å². The molecule has 0 spiro atoms. The molecular formula is C15H13Cl2F3N4S3. The van der Waals surface area contributed by atoms with E-state index in [9.17, 15) is 13.2 Å². The molecule has 0 atom stereocenters. The first-order valence-corrected chi connectivity index (χ1v) is 10.8. The number of hydrogen-bond acceptors (Lipinski definition) is 5. The standard InChI is InChI=1S/C15H13Cl2F3N4S3/c1-22-13-9(14-26-2-3-27-14)10(12(21)25)23-24(13)11-7(16)4-6(5-8(11)17)15(18,19)20/h4-5,14,22H,2-3H2,1H3,(H2,21,25). The van der Waals surface area contributed by atoms with Gasteiger partial charge in [0.2, 0.25) is 0 Å². The Hall–Kier alpha value is -0.810. The highest BCUT2D eigenvalue weighted by molar-refractivity contribution is 8.19. The van der Waals surface area contributed by atoms with E-state index in [1.54, 1.807) is 30.6 Å². The summed E-state index contributed by atoms with van der Waals surface area (Å²) in [5, 5.41) is 7.10. The highest BCUT2D eigenvalue weighted by Gasteiger charge is 2.34. The molecule has 0 saturated carbocycles. The molecule has 1 aliphatic rings. The molecule has 2 heterocycles. The van der Waals surface area contributed by atoms with Gasteiger partial charge in [-0.1, -0.05) is 35.4 Å². The molecule has 27 heavy (non-hydrogen) atoms. The number of rotatable bonds is 4. The van der Waals surface area contributed by atoms with Gasteiger partial charge < -0.3 is 11.1 Å². The van der Waals surface area contributed by atoms with Gasteiger partial charge in [0.1, 0.15) is 22.2 Å². The topological polar surface area (TPSA) is 55.9 Å². The number of aromatic nitrogens is 2. The fourth-order valence-corrected chi connectivity index (χ4v) is 6.43. The summed E-state index contributed by atoms with van der Waals surface area (Å²) in [4.78, 5) is 0.0903. The first-order chi connectivity index (χ1) is 12.6. The second-order valence-electron chi connectivity index (χ2n) is 5.50. The first kappa shape index (κ1) is 20.9. The molecule has 0 unspecified atom stereocenters. The largest absolute Gasteiger partial charge is 0.416 e. The summed E-state index contributed by atoms with van der Waals surface area (Å²) in [6.45, 7) is 0. The van der Waals surface area contributed by atoms with E-state index in [0.717, 1.165) is 29.2 Å². The van der Waals surface area contributed by atoms with E-state index in [2.05, 4.69) is 10.4 Å². The van der Waals surface area contributed by atoms with Crippen molar-refractivity contribution in [3.8, 4) is 5.69 Å². The van der Waals surface area contributed by atoms with Crippen molar-refractivity contribution in [3.63, 3.8) is 0 Å². The van der Waals surface area contributed by atoms with Crippen molar-refractivity contribution < 1.29 is 13.2 Å². The van der Waals surface area contributed by atoms with Crippen LogP contribution in [0.3, 0.4) is 0 Å². The molecule has 0 bridgehead atoms. The lowest BCUT2D eigenvalue weighted by molar-refractivity contribution is -0.137. The predicted molar refractivity (Wildman–Crippen MR) is 112 cm³/mol. The Bertz CT molecular complexity index is 872. The molecule has 4 nitrogen and oxygen atoms in total. The average Bonchev–Trinajstić information content (AvgIpc) is 3.20.